The monoisotopic (exact) mass is 369 g/mol. The number of hydrogen-bond acceptors (Lipinski definition) is 7. The summed E-state index contributed by atoms with van der Waals surface area (Å²) in [7, 11) is 0. The maximum Gasteiger partial charge on any atom is 0.330 e. The second-order valence-electron chi connectivity index (χ2n) is 6.35. The number of H-pyrrole nitrogens is 1. The number of nitrogens with one attached hydrogen (secondary N) is 2. The Kier molecular flexibility index (Phi) is 3.57. The minimum absolute atomic E-state index is 0.190. The molecule has 27 heavy (non-hydrogen) atoms. The molecule has 2 saturated heterocycles. The molecule has 10 nitrogen and oxygen atoms in total. The zero-order valence-electron chi connectivity index (χ0n) is 13.9. The summed E-state index contributed by atoms with van der Waals surface area (Å²) < 4.78 is 12.5. The highest BCUT2D eigenvalue weighted by molar-refractivity contribution is 6.06. The molecule has 0 spiro atoms. The van der Waals surface area contributed by atoms with Crippen molar-refractivity contribution in [3.63, 3.8) is 0 Å². The quantitative estimate of drug-likeness (QED) is 0.552. The van der Waals surface area contributed by atoms with E-state index in [0.29, 0.717) is 11.1 Å². The molecule has 4 heterocycles. The highest BCUT2D eigenvalue weighted by Gasteiger charge is 2.59. The molecule has 4 atom stereocenters. The summed E-state index contributed by atoms with van der Waals surface area (Å²) >= 11 is 0. The van der Waals surface area contributed by atoms with E-state index in [0.717, 1.165) is 0 Å². The van der Waals surface area contributed by atoms with E-state index in [4.69, 9.17) is 9.47 Å². The van der Waals surface area contributed by atoms with E-state index in [9.17, 15) is 14.7 Å². The van der Waals surface area contributed by atoms with Crippen molar-refractivity contribution in [1.82, 2.24) is 19.5 Å². The molecular formula is C17H15N5O5. The highest BCUT2D eigenvalue weighted by Crippen LogP contribution is 2.44. The fraction of sp³-hybridized carbons (Fsp3) is 0.294. The van der Waals surface area contributed by atoms with Gasteiger partial charge in [0.2, 0.25) is 0 Å². The molecule has 5 rings (SSSR count). The Morgan fingerprint density at radius 3 is 2.78 bits per heavy atom. The van der Waals surface area contributed by atoms with Crippen LogP contribution in [0.1, 0.15) is 16.6 Å². The number of nitrogens with zero attached hydrogens (tertiary/aromatic N) is 3. The summed E-state index contributed by atoms with van der Waals surface area (Å²) in [6, 6.07) is 8.67. The third-order valence-electron chi connectivity index (χ3n) is 4.73. The number of carbonyl (C=O) groups excluding carboxylic acids is 1. The number of rotatable bonds is 4. The Balaban J connectivity index is 1.51. The van der Waals surface area contributed by atoms with Crippen molar-refractivity contribution < 1.29 is 19.4 Å². The minimum Gasteiger partial charge on any atom is -0.394 e. The number of ether oxygens (including phenoxy) is 2. The molecule has 0 bridgehead atoms. The molecule has 2 aromatic heterocycles. The van der Waals surface area contributed by atoms with Gasteiger partial charge in [-0.25, -0.2) is 19.3 Å². The maximum absolute atomic E-state index is 12.5. The van der Waals surface area contributed by atoms with Gasteiger partial charge in [0.05, 0.1) is 6.61 Å². The molecule has 2 aliphatic rings. The molecule has 1 aromatic carbocycles. The number of benzene rings is 1. The van der Waals surface area contributed by atoms with Crippen LogP contribution in [0.15, 0.2) is 41.5 Å². The Morgan fingerprint density at radius 2 is 2.04 bits per heavy atom. The largest absolute Gasteiger partial charge is 0.394 e. The van der Waals surface area contributed by atoms with Gasteiger partial charge in [-0.3, -0.25) is 4.79 Å². The average molecular weight is 369 g/mol. The second-order valence-corrected chi connectivity index (χ2v) is 6.35. The fourth-order valence-corrected chi connectivity index (χ4v) is 3.39. The Labute approximate surface area is 151 Å². The summed E-state index contributed by atoms with van der Waals surface area (Å²) in [4.78, 5) is 35.8. The predicted octanol–water partition coefficient (Wildman–Crippen LogP) is 0.0290. The lowest BCUT2D eigenvalue weighted by Crippen LogP contribution is -2.28. The SMILES string of the molecule is O=C(Nc1ncnc2c1[nH]c(=O)n2C1OC(CO)C2OC21)c1ccccc1. The number of imidazole rings is 1. The van der Waals surface area contributed by atoms with Gasteiger partial charge in [0, 0.05) is 5.56 Å². The average Bonchev–Trinajstić information content (AvgIpc) is 3.29. The number of hydrogen-bond donors (Lipinski definition) is 3. The fourth-order valence-electron chi connectivity index (χ4n) is 3.39. The number of aromatic nitrogens is 4. The van der Waals surface area contributed by atoms with Crippen LogP contribution in [0.25, 0.3) is 11.2 Å². The minimum atomic E-state index is -0.694. The third kappa shape index (κ3) is 2.53. The van der Waals surface area contributed by atoms with Crippen molar-refractivity contribution in [2.45, 2.75) is 24.5 Å². The van der Waals surface area contributed by atoms with E-state index in [1.54, 1.807) is 24.3 Å². The van der Waals surface area contributed by atoms with E-state index >= 15 is 0 Å². The maximum atomic E-state index is 12.5. The lowest BCUT2D eigenvalue weighted by Gasteiger charge is -2.16. The first-order valence-corrected chi connectivity index (χ1v) is 8.41. The van der Waals surface area contributed by atoms with Crippen LogP contribution in [-0.4, -0.2) is 55.5 Å². The second kappa shape index (κ2) is 5.98. The summed E-state index contributed by atoms with van der Waals surface area (Å²) in [5, 5.41) is 12.0. The summed E-state index contributed by atoms with van der Waals surface area (Å²) in [5.41, 5.74) is 0.583. The van der Waals surface area contributed by atoms with Gasteiger partial charge in [-0.1, -0.05) is 18.2 Å². The number of epoxide rings is 1. The normalized spacial score (nSPS) is 26.1. The first kappa shape index (κ1) is 16.1. The van der Waals surface area contributed by atoms with Crippen LogP contribution < -0.4 is 11.0 Å². The van der Waals surface area contributed by atoms with Gasteiger partial charge in [0.15, 0.2) is 17.7 Å². The van der Waals surface area contributed by atoms with Crippen LogP contribution in [0.2, 0.25) is 0 Å². The lowest BCUT2D eigenvalue weighted by molar-refractivity contribution is -0.0835. The van der Waals surface area contributed by atoms with Crippen LogP contribution >= 0.6 is 0 Å². The number of amides is 1. The molecule has 4 unspecified atom stereocenters. The van der Waals surface area contributed by atoms with Crippen LogP contribution in [0.5, 0.6) is 0 Å². The van der Waals surface area contributed by atoms with Gasteiger partial charge < -0.3 is 24.9 Å². The zero-order valence-corrected chi connectivity index (χ0v) is 13.9. The molecule has 2 fully saturated rings. The Morgan fingerprint density at radius 1 is 1.22 bits per heavy atom. The number of carbonyl (C=O) groups is 1. The molecule has 0 radical (unpaired) electrons. The van der Waals surface area contributed by atoms with Gasteiger partial charge in [0.1, 0.15) is 30.2 Å². The molecule has 1 amide bonds. The van der Waals surface area contributed by atoms with E-state index in [2.05, 4.69) is 20.3 Å². The molecular weight excluding hydrogens is 354 g/mol. The topological polar surface area (TPSA) is 135 Å². The van der Waals surface area contributed by atoms with Crippen molar-refractivity contribution in [3.8, 4) is 0 Å². The number of fused-ring (bicyclic) bond motifs is 2. The summed E-state index contributed by atoms with van der Waals surface area (Å²) in [5.74, 6) is -0.165. The van der Waals surface area contributed by atoms with Crippen LogP contribution in [0.4, 0.5) is 5.82 Å². The number of anilines is 1. The predicted molar refractivity (Wildman–Crippen MR) is 92.2 cm³/mol. The van der Waals surface area contributed by atoms with Crippen molar-refractivity contribution in [2.24, 2.45) is 0 Å². The molecule has 0 aliphatic carbocycles. The zero-order chi connectivity index (χ0) is 18.5. The van der Waals surface area contributed by atoms with Gasteiger partial charge in [-0.2, -0.15) is 0 Å². The van der Waals surface area contributed by atoms with Crippen molar-refractivity contribution in [3.05, 3.63) is 52.7 Å². The summed E-state index contributed by atoms with van der Waals surface area (Å²) in [6.07, 6.45) is -0.444. The number of aliphatic hydroxyl groups excluding tert-OH is 1. The van der Waals surface area contributed by atoms with E-state index in [1.165, 1.54) is 10.9 Å². The smallest absolute Gasteiger partial charge is 0.330 e. The molecule has 0 saturated carbocycles. The van der Waals surface area contributed by atoms with Crippen molar-refractivity contribution in [1.29, 1.82) is 0 Å². The van der Waals surface area contributed by atoms with Gasteiger partial charge in [0.25, 0.3) is 5.91 Å². The number of aliphatic hydroxyl groups is 1. The van der Waals surface area contributed by atoms with Crippen LogP contribution in [0.3, 0.4) is 0 Å². The number of aromatic amines is 1. The van der Waals surface area contributed by atoms with Gasteiger partial charge >= 0.3 is 5.69 Å². The first-order chi connectivity index (χ1) is 13.2. The standard InChI is InChI=1S/C17H15N5O5/c23-6-9-11-12(27-11)16(26-9)22-14-10(20-17(22)25)13(18-7-19-14)21-15(24)8-4-2-1-3-5-8/h1-5,7,9,11-12,16,23H,6H2,(H,20,25)(H,18,19,21,24). The third-order valence-corrected chi connectivity index (χ3v) is 4.73. The molecule has 3 N–H and O–H groups in total. The van der Waals surface area contributed by atoms with Crippen molar-refractivity contribution >= 4 is 22.9 Å². The highest BCUT2D eigenvalue weighted by atomic mass is 16.7. The lowest BCUT2D eigenvalue weighted by atomic mass is 10.2. The van der Waals surface area contributed by atoms with E-state index in [-0.39, 0.29) is 36.2 Å². The van der Waals surface area contributed by atoms with E-state index < -0.39 is 18.0 Å². The first-order valence-electron chi connectivity index (χ1n) is 8.41. The van der Waals surface area contributed by atoms with Gasteiger partial charge in [-0.15, -0.1) is 0 Å². The molecule has 10 heteroatoms. The Hall–Kier alpha value is -3.08. The van der Waals surface area contributed by atoms with E-state index in [1.807, 2.05) is 6.07 Å². The molecule has 3 aromatic rings. The van der Waals surface area contributed by atoms with Crippen molar-refractivity contribution in [2.75, 3.05) is 11.9 Å². The molecule has 138 valence electrons. The van der Waals surface area contributed by atoms with Gasteiger partial charge in [-0.05, 0) is 12.1 Å². The van der Waals surface area contributed by atoms with Crippen LogP contribution in [0, 0.1) is 0 Å². The molecule has 2 aliphatic heterocycles. The summed E-state index contributed by atoms with van der Waals surface area (Å²) in [6.45, 7) is -0.192. The van der Waals surface area contributed by atoms with Crippen LogP contribution in [-0.2, 0) is 9.47 Å². The Bertz CT molecular complexity index is 1080.